The number of hydrogen-bond acceptors (Lipinski definition) is 5. The van der Waals surface area contributed by atoms with Gasteiger partial charge in [-0.2, -0.15) is 5.26 Å². The molecule has 0 spiro atoms. The van der Waals surface area contributed by atoms with Crippen LogP contribution in [-0.2, 0) is 17.6 Å². The highest BCUT2D eigenvalue weighted by Crippen LogP contribution is 2.34. The smallest absolute Gasteiger partial charge is 0.326 e. The summed E-state index contributed by atoms with van der Waals surface area (Å²) < 4.78 is 29.2. The van der Waals surface area contributed by atoms with Gasteiger partial charge in [0.2, 0.25) is 0 Å². The number of pyridine rings is 1. The molecule has 1 heterocycles. The molecule has 1 aromatic heterocycles. The average Bonchev–Trinajstić information content (AvgIpc) is 2.87. The number of nitrogens with zero attached hydrogens (tertiary/aromatic N) is 2. The number of rotatable bonds is 8. The molecule has 3 N–H and O–H groups in total. The second kappa shape index (κ2) is 11.6. The van der Waals surface area contributed by atoms with Gasteiger partial charge in [-0.3, -0.25) is 9.78 Å². The first kappa shape index (κ1) is 27.6. The lowest BCUT2D eigenvalue weighted by molar-refractivity contribution is -0.139. The summed E-state index contributed by atoms with van der Waals surface area (Å²) in [5.41, 5.74) is 1.96. The van der Waals surface area contributed by atoms with Crippen molar-refractivity contribution in [2.45, 2.75) is 31.9 Å². The van der Waals surface area contributed by atoms with E-state index >= 15 is 0 Å². The van der Waals surface area contributed by atoms with Crippen molar-refractivity contribution in [1.82, 2.24) is 10.3 Å². The number of amides is 1. The number of aliphatic hydroxyl groups excluding tert-OH is 1. The zero-order valence-electron chi connectivity index (χ0n) is 20.6. The van der Waals surface area contributed by atoms with Gasteiger partial charge in [0.25, 0.3) is 5.91 Å². The van der Waals surface area contributed by atoms with Crippen LogP contribution in [0.4, 0.5) is 8.78 Å². The van der Waals surface area contributed by atoms with Crippen molar-refractivity contribution in [2.24, 2.45) is 0 Å². The number of hydrogen-bond donors (Lipinski definition) is 3. The molecule has 4 aromatic rings. The normalized spacial score (nSPS) is 12.5. The van der Waals surface area contributed by atoms with Gasteiger partial charge < -0.3 is 15.5 Å². The number of fused-ring (bicyclic) bond motifs is 1. The van der Waals surface area contributed by atoms with Crippen molar-refractivity contribution < 1.29 is 28.6 Å². The third-order valence-corrected chi connectivity index (χ3v) is 6.45. The summed E-state index contributed by atoms with van der Waals surface area (Å²) in [5, 5.41) is 31.5. The number of halogens is 3. The van der Waals surface area contributed by atoms with Crippen LogP contribution in [0, 0.1) is 23.0 Å². The van der Waals surface area contributed by atoms with E-state index in [2.05, 4.69) is 10.3 Å². The number of carboxylic acid groups (broad SMARTS) is 1. The molecule has 7 nitrogen and oxygen atoms in total. The minimum Gasteiger partial charge on any atom is -0.480 e. The van der Waals surface area contributed by atoms with Gasteiger partial charge in [-0.15, -0.1) is 0 Å². The number of aromatic nitrogens is 1. The van der Waals surface area contributed by atoms with Gasteiger partial charge in [-0.05, 0) is 54.8 Å². The van der Waals surface area contributed by atoms with Crippen LogP contribution in [-0.4, -0.2) is 39.2 Å². The molecule has 0 fully saturated rings. The van der Waals surface area contributed by atoms with Crippen molar-refractivity contribution in [2.75, 3.05) is 0 Å². The third kappa shape index (κ3) is 6.03. The minimum absolute atomic E-state index is 0.0156. The largest absolute Gasteiger partial charge is 0.480 e. The maximum atomic E-state index is 14.6. The number of nitrogens with one attached hydrogen (secondary N) is 1. The molecule has 0 bridgehead atoms. The predicted octanol–water partition coefficient (Wildman–Crippen LogP) is 5.05. The Morgan fingerprint density at radius 1 is 1.08 bits per heavy atom. The molecule has 39 heavy (non-hydrogen) atoms. The molecular weight excluding hydrogens is 528 g/mol. The van der Waals surface area contributed by atoms with E-state index < -0.39 is 41.2 Å². The lowest BCUT2D eigenvalue weighted by atomic mass is 9.94. The first-order valence-electron chi connectivity index (χ1n) is 11.8. The van der Waals surface area contributed by atoms with Gasteiger partial charge in [-0.1, -0.05) is 35.9 Å². The standard InChI is InChI=1S/C29H22ClF2N3O4/c1-15(36)9-17-11-23(31)26(24(32)12-17)28(37)35-25(29(38)39)13-18-5-7-21(27-19(18)3-2-8-34-27)20-6-4-16(14-33)10-22(20)30/h2-8,10-12,15,25,36H,9,13H2,1H3,(H,35,37)(H,38,39). The van der Waals surface area contributed by atoms with Gasteiger partial charge in [0, 0.05) is 34.2 Å². The fourth-order valence-electron chi connectivity index (χ4n) is 4.38. The van der Waals surface area contributed by atoms with E-state index in [4.69, 9.17) is 16.9 Å². The Labute approximate surface area is 227 Å². The van der Waals surface area contributed by atoms with Crippen molar-refractivity contribution in [1.29, 1.82) is 5.26 Å². The van der Waals surface area contributed by atoms with Crippen LogP contribution < -0.4 is 5.32 Å². The van der Waals surface area contributed by atoms with E-state index in [1.54, 1.807) is 42.6 Å². The summed E-state index contributed by atoms with van der Waals surface area (Å²) >= 11 is 6.41. The summed E-state index contributed by atoms with van der Waals surface area (Å²) in [6.07, 6.45) is 0.506. The number of nitriles is 1. The number of carboxylic acids is 1. The Kier molecular flexibility index (Phi) is 8.19. The lowest BCUT2D eigenvalue weighted by Gasteiger charge is -2.18. The first-order chi connectivity index (χ1) is 18.6. The highest BCUT2D eigenvalue weighted by atomic mass is 35.5. The summed E-state index contributed by atoms with van der Waals surface area (Å²) in [6.45, 7) is 1.46. The second-order valence-electron chi connectivity index (χ2n) is 9.03. The van der Waals surface area contributed by atoms with Crippen LogP contribution in [0.1, 0.15) is 34.0 Å². The number of aliphatic carboxylic acids is 1. The molecule has 0 radical (unpaired) electrons. The molecule has 0 saturated carbocycles. The number of benzene rings is 3. The fraction of sp³-hybridized carbons (Fsp3) is 0.172. The van der Waals surface area contributed by atoms with Crippen molar-refractivity contribution in [3.63, 3.8) is 0 Å². The van der Waals surface area contributed by atoms with E-state index in [-0.39, 0.29) is 18.4 Å². The highest BCUT2D eigenvalue weighted by molar-refractivity contribution is 6.33. The summed E-state index contributed by atoms with van der Waals surface area (Å²) in [4.78, 5) is 29.3. The minimum atomic E-state index is -1.51. The molecule has 10 heteroatoms. The van der Waals surface area contributed by atoms with Crippen LogP contribution in [0.3, 0.4) is 0 Å². The number of carbonyl (C=O) groups is 2. The van der Waals surface area contributed by atoms with Crippen LogP contribution in [0.5, 0.6) is 0 Å². The van der Waals surface area contributed by atoms with Gasteiger partial charge >= 0.3 is 5.97 Å². The molecule has 2 atom stereocenters. The number of carbonyl (C=O) groups excluding carboxylic acids is 1. The fourth-order valence-corrected chi connectivity index (χ4v) is 4.66. The van der Waals surface area contributed by atoms with Crippen molar-refractivity contribution in [3.8, 4) is 17.2 Å². The first-order valence-corrected chi connectivity index (χ1v) is 12.2. The lowest BCUT2D eigenvalue weighted by Crippen LogP contribution is -2.43. The Morgan fingerprint density at radius 3 is 2.38 bits per heavy atom. The molecule has 0 aliphatic heterocycles. The summed E-state index contributed by atoms with van der Waals surface area (Å²) in [6, 6.07) is 14.0. The van der Waals surface area contributed by atoms with Crippen LogP contribution in [0.25, 0.3) is 22.0 Å². The van der Waals surface area contributed by atoms with Crippen molar-refractivity contribution >= 4 is 34.4 Å². The highest BCUT2D eigenvalue weighted by Gasteiger charge is 2.26. The quantitative estimate of drug-likeness (QED) is 0.282. The van der Waals surface area contributed by atoms with Gasteiger partial charge in [0.1, 0.15) is 23.2 Å². The Balaban J connectivity index is 1.66. The predicted molar refractivity (Wildman–Crippen MR) is 141 cm³/mol. The van der Waals surface area contributed by atoms with Crippen LogP contribution in [0.2, 0.25) is 5.02 Å². The Bertz CT molecular complexity index is 1610. The molecule has 2 unspecified atom stereocenters. The maximum absolute atomic E-state index is 14.6. The second-order valence-corrected chi connectivity index (χ2v) is 9.44. The van der Waals surface area contributed by atoms with Gasteiger partial charge in [-0.25, -0.2) is 13.6 Å². The third-order valence-electron chi connectivity index (χ3n) is 6.14. The molecule has 1 amide bonds. The molecule has 198 valence electrons. The molecular formula is C29H22ClF2N3O4. The van der Waals surface area contributed by atoms with E-state index in [0.29, 0.717) is 38.2 Å². The average molecular weight is 550 g/mol. The van der Waals surface area contributed by atoms with Crippen LogP contribution >= 0.6 is 11.6 Å². The van der Waals surface area contributed by atoms with E-state index in [1.807, 2.05) is 6.07 Å². The monoisotopic (exact) mass is 549 g/mol. The molecule has 3 aromatic carbocycles. The summed E-state index contributed by atoms with van der Waals surface area (Å²) in [5.74, 6) is -4.94. The SMILES string of the molecule is CC(O)Cc1cc(F)c(C(=O)NC(Cc2ccc(-c3ccc(C#N)cc3Cl)c3ncccc23)C(=O)O)c(F)c1. The van der Waals surface area contributed by atoms with Gasteiger partial charge in [0.15, 0.2) is 0 Å². The maximum Gasteiger partial charge on any atom is 0.326 e. The topological polar surface area (TPSA) is 123 Å². The Morgan fingerprint density at radius 2 is 1.77 bits per heavy atom. The van der Waals surface area contributed by atoms with Crippen LogP contribution in [0.15, 0.2) is 60.8 Å². The van der Waals surface area contributed by atoms with E-state index in [1.165, 1.54) is 13.0 Å². The molecule has 0 aliphatic rings. The van der Waals surface area contributed by atoms with E-state index in [9.17, 15) is 28.6 Å². The summed E-state index contributed by atoms with van der Waals surface area (Å²) in [7, 11) is 0. The van der Waals surface area contributed by atoms with E-state index in [0.717, 1.165) is 12.1 Å². The molecule has 0 saturated heterocycles. The van der Waals surface area contributed by atoms with Crippen molar-refractivity contribution in [3.05, 3.63) is 99.7 Å². The van der Waals surface area contributed by atoms with Gasteiger partial charge in [0.05, 0.1) is 23.3 Å². The molecule has 4 rings (SSSR count). The number of aliphatic hydroxyl groups is 1. The molecule has 0 aliphatic carbocycles. The zero-order valence-corrected chi connectivity index (χ0v) is 21.3. The zero-order chi connectivity index (χ0) is 28.3. The Hall–Kier alpha value is -4.39.